The molecule has 1 aliphatic rings. The summed E-state index contributed by atoms with van der Waals surface area (Å²) < 4.78 is 1.85. The SMILES string of the molecule is CCCn1nccc1NC(=O)CN1CCCC1c1ccc(C)s1. The normalized spacial score (nSPS) is 18.4. The molecule has 5 nitrogen and oxygen atoms in total. The van der Waals surface area contributed by atoms with E-state index in [1.807, 2.05) is 22.1 Å². The second-order valence-corrected chi connectivity index (χ2v) is 7.38. The molecule has 23 heavy (non-hydrogen) atoms. The number of carbonyl (C=O) groups excluding carboxylic acids is 1. The topological polar surface area (TPSA) is 50.2 Å². The van der Waals surface area contributed by atoms with Crippen molar-refractivity contribution in [2.45, 2.75) is 45.7 Å². The maximum Gasteiger partial charge on any atom is 0.239 e. The molecule has 0 saturated carbocycles. The van der Waals surface area contributed by atoms with Crippen LogP contribution in [0, 0.1) is 6.92 Å². The van der Waals surface area contributed by atoms with Gasteiger partial charge in [-0.2, -0.15) is 5.10 Å². The van der Waals surface area contributed by atoms with E-state index in [4.69, 9.17) is 0 Å². The van der Waals surface area contributed by atoms with Crippen molar-refractivity contribution in [3.63, 3.8) is 0 Å². The van der Waals surface area contributed by atoms with Crippen LogP contribution < -0.4 is 5.32 Å². The molecule has 1 fully saturated rings. The van der Waals surface area contributed by atoms with Gasteiger partial charge in [-0.05, 0) is 44.9 Å². The van der Waals surface area contributed by atoms with E-state index in [1.54, 1.807) is 6.20 Å². The summed E-state index contributed by atoms with van der Waals surface area (Å²) >= 11 is 1.84. The fourth-order valence-corrected chi connectivity index (χ4v) is 4.21. The van der Waals surface area contributed by atoms with Gasteiger partial charge in [-0.25, -0.2) is 4.68 Å². The summed E-state index contributed by atoms with van der Waals surface area (Å²) in [5.41, 5.74) is 0. The van der Waals surface area contributed by atoms with E-state index >= 15 is 0 Å². The van der Waals surface area contributed by atoms with Gasteiger partial charge < -0.3 is 5.32 Å². The van der Waals surface area contributed by atoms with Crippen molar-refractivity contribution in [3.05, 3.63) is 34.2 Å². The third-order valence-corrected chi connectivity index (χ3v) is 5.32. The van der Waals surface area contributed by atoms with Gasteiger partial charge in [-0.15, -0.1) is 11.3 Å². The fourth-order valence-electron chi connectivity index (χ4n) is 3.17. The monoisotopic (exact) mass is 332 g/mol. The first kappa shape index (κ1) is 16.2. The van der Waals surface area contributed by atoms with Gasteiger partial charge in [-0.1, -0.05) is 6.92 Å². The van der Waals surface area contributed by atoms with Gasteiger partial charge in [0.1, 0.15) is 5.82 Å². The lowest BCUT2D eigenvalue weighted by molar-refractivity contribution is -0.117. The Morgan fingerprint density at radius 1 is 1.43 bits per heavy atom. The van der Waals surface area contributed by atoms with Crippen LogP contribution in [0.3, 0.4) is 0 Å². The molecule has 0 radical (unpaired) electrons. The highest BCUT2D eigenvalue weighted by Crippen LogP contribution is 2.35. The van der Waals surface area contributed by atoms with Gasteiger partial charge in [0.05, 0.1) is 12.7 Å². The van der Waals surface area contributed by atoms with Crippen molar-refractivity contribution in [2.24, 2.45) is 0 Å². The van der Waals surface area contributed by atoms with Crippen molar-refractivity contribution in [3.8, 4) is 0 Å². The van der Waals surface area contributed by atoms with E-state index in [9.17, 15) is 4.79 Å². The van der Waals surface area contributed by atoms with Crippen molar-refractivity contribution >= 4 is 23.1 Å². The minimum Gasteiger partial charge on any atom is -0.310 e. The van der Waals surface area contributed by atoms with Crippen LogP contribution in [0.5, 0.6) is 0 Å². The van der Waals surface area contributed by atoms with Crippen LogP contribution in [0.1, 0.15) is 42.0 Å². The molecular formula is C17H24N4OS. The highest BCUT2D eigenvalue weighted by molar-refractivity contribution is 7.12. The number of anilines is 1. The van der Waals surface area contributed by atoms with Gasteiger partial charge in [0.2, 0.25) is 5.91 Å². The van der Waals surface area contributed by atoms with Crippen LogP contribution in [0.25, 0.3) is 0 Å². The Balaban J connectivity index is 1.61. The van der Waals surface area contributed by atoms with Crippen LogP contribution in [-0.2, 0) is 11.3 Å². The van der Waals surface area contributed by atoms with Crippen molar-refractivity contribution < 1.29 is 4.79 Å². The predicted molar refractivity (Wildman–Crippen MR) is 93.8 cm³/mol. The Labute approximate surface area is 141 Å². The Hall–Kier alpha value is -1.66. The highest BCUT2D eigenvalue weighted by atomic mass is 32.1. The molecule has 0 bridgehead atoms. The lowest BCUT2D eigenvalue weighted by atomic mass is 10.2. The number of aromatic nitrogens is 2. The van der Waals surface area contributed by atoms with E-state index in [0.29, 0.717) is 12.6 Å². The maximum atomic E-state index is 12.4. The maximum absolute atomic E-state index is 12.4. The lowest BCUT2D eigenvalue weighted by Gasteiger charge is -2.23. The molecule has 1 amide bonds. The number of aryl methyl sites for hydroxylation is 2. The van der Waals surface area contributed by atoms with E-state index in [0.717, 1.165) is 38.2 Å². The number of nitrogens with zero attached hydrogens (tertiary/aromatic N) is 3. The van der Waals surface area contributed by atoms with E-state index in [-0.39, 0.29) is 5.91 Å². The van der Waals surface area contributed by atoms with Crippen molar-refractivity contribution in [1.82, 2.24) is 14.7 Å². The summed E-state index contributed by atoms with van der Waals surface area (Å²) in [6.45, 7) is 6.49. The smallest absolute Gasteiger partial charge is 0.239 e. The second kappa shape index (κ2) is 7.27. The molecule has 1 unspecified atom stereocenters. The minimum absolute atomic E-state index is 0.0445. The highest BCUT2D eigenvalue weighted by Gasteiger charge is 2.28. The van der Waals surface area contributed by atoms with Gasteiger partial charge in [0.15, 0.2) is 0 Å². The molecule has 6 heteroatoms. The number of rotatable bonds is 6. The molecule has 1 aliphatic heterocycles. The zero-order valence-corrected chi connectivity index (χ0v) is 14.6. The molecule has 1 saturated heterocycles. The number of amides is 1. The average molecular weight is 332 g/mol. The number of likely N-dealkylation sites (tertiary alicyclic amines) is 1. The second-order valence-electron chi connectivity index (χ2n) is 6.06. The zero-order valence-electron chi connectivity index (χ0n) is 13.8. The molecule has 2 aromatic rings. The first-order valence-electron chi connectivity index (χ1n) is 8.29. The Morgan fingerprint density at radius 2 is 2.30 bits per heavy atom. The summed E-state index contributed by atoms with van der Waals surface area (Å²) in [5, 5.41) is 7.25. The number of hydrogen-bond acceptors (Lipinski definition) is 4. The van der Waals surface area contributed by atoms with Crippen LogP contribution in [0.15, 0.2) is 24.4 Å². The minimum atomic E-state index is 0.0445. The van der Waals surface area contributed by atoms with Gasteiger partial charge in [0, 0.05) is 28.4 Å². The number of hydrogen-bond donors (Lipinski definition) is 1. The first-order valence-corrected chi connectivity index (χ1v) is 9.11. The number of thiophene rings is 1. The van der Waals surface area contributed by atoms with Crippen LogP contribution in [0.2, 0.25) is 0 Å². The summed E-state index contributed by atoms with van der Waals surface area (Å²) in [5.74, 6) is 0.836. The molecule has 1 atom stereocenters. The van der Waals surface area contributed by atoms with Gasteiger partial charge in [0.25, 0.3) is 0 Å². The molecule has 1 N–H and O–H groups in total. The molecule has 0 aliphatic carbocycles. The quantitative estimate of drug-likeness (QED) is 0.881. The van der Waals surface area contributed by atoms with Crippen LogP contribution in [-0.4, -0.2) is 33.7 Å². The molecule has 0 aromatic carbocycles. The van der Waals surface area contributed by atoms with Crippen molar-refractivity contribution in [1.29, 1.82) is 0 Å². The fraction of sp³-hybridized carbons (Fsp3) is 0.529. The summed E-state index contributed by atoms with van der Waals surface area (Å²) in [6.07, 6.45) is 5.03. The summed E-state index contributed by atoms with van der Waals surface area (Å²) in [4.78, 5) is 17.4. The summed E-state index contributed by atoms with van der Waals surface area (Å²) in [7, 11) is 0. The number of nitrogens with one attached hydrogen (secondary N) is 1. The van der Waals surface area contributed by atoms with E-state index in [1.165, 1.54) is 9.75 Å². The zero-order chi connectivity index (χ0) is 16.2. The molecule has 0 spiro atoms. The molecule has 124 valence electrons. The standard InChI is InChI=1S/C17H24N4OS/c1-3-10-21-16(8-9-18-21)19-17(22)12-20-11-4-5-14(20)15-7-6-13(2)23-15/h6-9,14H,3-5,10-12H2,1-2H3,(H,19,22). The Morgan fingerprint density at radius 3 is 3.04 bits per heavy atom. The van der Waals surface area contributed by atoms with E-state index in [2.05, 4.69) is 41.3 Å². The van der Waals surface area contributed by atoms with Crippen LogP contribution >= 0.6 is 11.3 Å². The Kier molecular flexibility index (Phi) is 5.13. The Bertz CT molecular complexity index is 663. The molecule has 3 rings (SSSR count). The third-order valence-electron chi connectivity index (χ3n) is 4.22. The number of carbonyl (C=O) groups is 1. The first-order chi connectivity index (χ1) is 11.2. The largest absolute Gasteiger partial charge is 0.310 e. The molecule has 2 aromatic heterocycles. The molecular weight excluding hydrogens is 308 g/mol. The summed E-state index contributed by atoms with van der Waals surface area (Å²) in [6, 6.07) is 6.62. The van der Waals surface area contributed by atoms with Gasteiger partial charge >= 0.3 is 0 Å². The third kappa shape index (κ3) is 3.82. The molecule has 3 heterocycles. The predicted octanol–water partition coefficient (Wildman–Crippen LogP) is 3.44. The lowest BCUT2D eigenvalue weighted by Crippen LogP contribution is -2.33. The van der Waals surface area contributed by atoms with Crippen LogP contribution in [0.4, 0.5) is 5.82 Å². The average Bonchev–Trinajstić information content (AvgIpc) is 3.22. The van der Waals surface area contributed by atoms with E-state index < -0.39 is 0 Å². The van der Waals surface area contributed by atoms with Crippen molar-refractivity contribution in [2.75, 3.05) is 18.4 Å². The van der Waals surface area contributed by atoms with Gasteiger partial charge in [-0.3, -0.25) is 9.69 Å².